The van der Waals surface area contributed by atoms with Crippen LogP contribution in [0.1, 0.15) is 48.9 Å². The van der Waals surface area contributed by atoms with Crippen molar-refractivity contribution in [3.05, 3.63) is 30.0 Å². The first-order chi connectivity index (χ1) is 18.0. The molecule has 1 spiro atoms. The normalized spacial score (nSPS) is 20.6. The zero-order chi connectivity index (χ0) is 26.7. The first kappa shape index (κ1) is 25.0. The number of fused-ring (bicyclic) bond motifs is 1. The van der Waals surface area contributed by atoms with Gasteiger partial charge in [0.2, 0.25) is 5.95 Å². The molecule has 3 aromatic rings. The Kier molecular flexibility index (Phi) is 5.82. The van der Waals surface area contributed by atoms with Crippen molar-refractivity contribution in [1.29, 1.82) is 0 Å². The lowest BCUT2D eigenvalue weighted by molar-refractivity contribution is -0.0221. The van der Waals surface area contributed by atoms with E-state index in [4.69, 9.17) is 0 Å². The summed E-state index contributed by atoms with van der Waals surface area (Å²) < 4.78 is 52.1. The van der Waals surface area contributed by atoms with Crippen LogP contribution in [0, 0.1) is 5.41 Å². The molecule has 2 aromatic heterocycles. The molecule has 1 aromatic carbocycles. The molecule has 13 heteroatoms. The zero-order valence-electron chi connectivity index (χ0n) is 21.0. The minimum Gasteiger partial charge on any atom is -0.371 e. The Balaban J connectivity index is 1.31. The van der Waals surface area contributed by atoms with Gasteiger partial charge in [-0.3, -0.25) is 15.2 Å². The molecule has 4 heterocycles. The van der Waals surface area contributed by atoms with Crippen LogP contribution in [-0.4, -0.2) is 72.8 Å². The van der Waals surface area contributed by atoms with Gasteiger partial charge in [-0.15, -0.1) is 0 Å². The molecule has 202 valence electrons. The summed E-state index contributed by atoms with van der Waals surface area (Å²) in [6, 6.07) is 4.51. The van der Waals surface area contributed by atoms with Crippen molar-refractivity contribution >= 4 is 44.2 Å². The molecule has 1 saturated carbocycles. The molecule has 1 amide bonds. The van der Waals surface area contributed by atoms with Crippen LogP contribution in [-0.2, 0) is 9.84 Å². The van der Waals surface area contributed by atoms with Crippen molar-refractivity contribution < 1.29 is 22.0 Å². The quantitative estimate of drug-likeness (QED) is 0.498. The Bertz CT molecular complexity index is 1500. The Morgan fingerprint density at radius 2 is 1.68 bits per heavy atom. The van der Waals surface area contributed by atoms with Gasteiger partial charge in [0, 0.05) is 45.3 Å². The number of carbonyl (C=O) groups excluding carboxylic acids is 1. The Hall–Kier alpha value is -3.35. The van der Waals surface area contributed by atoms with E-state index < -0.39 is 21.7 Å². The summed E-state index contributed by atoms with van der Waals surface area (Å²) in [5.74, 6) is -2.78. The standard InChI is InChI=1S/C25H29F2N7O3S/c1-38(36,37)16-2-3-17(19(14-16)33-10-6-24(4-5-24)7-11-33)22(35)31-23-29-18-15-28-32-20(18)21(30-23)34-12-8-25(26,27)9-13-34/h2-3,14-15H,4-13H2,1H3,(H,28,32)(H,29,30,31,35). The van der Waals surface area contributed by atoms with Gasteiger partial charge in [-0.05, 0) is 49.3 Å². The van der Waals surface area contributed by atoms with E-state index in [1.165, 1.54) is 31.2 Å². The summed E-state index contributed by atoms with van der Waals surface area (Å²) in [6.45, 7) is 1.71. The Morgan fingerprint density at radius 3 is 2.34 bits per heavy atom. The topological polar surface area (TPSA) is 124 Å². The number of halogens is 2. The highest BCUT2D eigenvalue weighted by Gasteiger charge is 2.44. The number of alkyl halides is 2. The molecule has 3 aliphatic rings. The summed E-state index contributed by atoms with van der Waals surface area (Å²) in [7, 11) is -3.47. The van der Waals surface area contributed by atoms with Gasteiger partial charge in [-0.2, -0.15) is 10.1 Å². The molecule has 2 aliphatic heterocycles. The van der Waals surface area contributed by atoms with Crippen molar-refractivity contribution in [2.75, 3.05) is 47.6 Å². The molecule has 2 N–H and O–H groups in total. The maximum atomic E-state index is 13.7. The highest BCUT2D eigenvalue weighted by molar-refractivity contribution is 7.90. The minimum absolute atomic E-state index is 0.0185. The van der Waals surface area contributed by atoms with Crippen molar-refractivity contribution in [2.24, 2.45) is 5.41 Å². The van der Waals surface area contributed by atoms with Crippen LogP contribution in [0.4, 0.5) is 26.2 Å². The SMILES string of the molecule is CS(=O)(=O)c1ccc(C(=O)Nc2nc(N3CCC(F)(F)CC3)c3[nH]ncc3n2)c(N2CCC3(CC2)CC3)c1. The lowest BCUT2D eigenvalue weighted by atomic mass is 9.93. The maximum Gasteiger partial charge on any atom is 0.260 e. The number of nitrogens with one attached hydrogen (secondary N) is 2. The van der Waals surface area contributed by atoms with Crippen molar-refractivity contribution in [3.8, 4) is 0 Å². The van der Waals surface area contributed by atoms with Crippen LogP contribution in [0.2, 0.25) is 0 Å². The monoisotopic (exact) mass is 545 g/mol. The third-order valence-electron chi connectivity index (χ3n) is 8.06. The third kappa shape index (κ3) is 4.79. The molecule has 0 bridgehead atoms. The number of H-pyrrole nitrogens is 1. The average molecular weight is 546 g/mol. The number of carbonyl (C=O) groups is 1. The van der Waals surface area contributed by atoms with Gasteiger partial charge in [0.1, 0.15) is 11.0 Å². The van der Waals surface area contributed by atoms with E-state index in [1.54, 1.807) is 11.0 Å². The number of hydrogen-bond donors (Lipinski definition) is 2. The number of sulfone groups is 1. The summed E-state index contributed by atoms with van der Waals surface area (Å²) in [5.41, 5.74) is 2.24. The van der Waals surface area contributed by atoms with Gasteiger partial charge in [-0.1, -0.05) is 0 Å². The first-order valence-corrected chi connectivity index (χ1v) is 14.7. The largest absolute Gasteiger partial charge is 0.371 e. The van der Waals surface area contributed by atoms with E-state index in [0.717, 1.165) is 32.2 Å². The van der Waals surface area contributed by atoms with Gasteiger partial charge >= 0.3 is 0 Å². The number of aromatic amines is 1. The van der Waals surface area contributed by atoms with Crippen LogP contribution in [0.3, 0.4) is 0 Å². The Labute approximate surface area is 218 Å². The van der Waals surface area contributed by atoms with Crippen LogP contribution in [0.25, 0.3) is 11.0 Å². The number of aromatic nitrogens is 4. The van der Waals surface area contributed by atoms with Gasteiger partial charge in [0.15, 0.2) is 15.7 Å². The lowest BCUT2D eigenvalue weighted by Crippen LogP contribution is -2.40. The molecular weight excluding hydrogens is 516 g/mol. The van der Waals surface area contributed by atoms with E-state index in [1.807, 2.05) is 0 Å². The van der Waals surface area contributed by atoms with E-state index in [9.17, 15) is 22.0 Å². The van der Waals surface area contributed by atoms with E-state index in [-0.39, 0.29) is 36.8 Å². The number of rotatable bonds is 5. The molecule has 38 heavy (non-hydrogen) atoms. The fourth-order valence-corrected chi connectivity index (χ4v) is 6.06. The number of nitrogens with zero attached hydrogens (tertiary/aromatic N) is 5. The second-order valence-electron chi connectivity index (χ2n) is 10.7. The van der Waals surface area contributed by atoms with E-state index in [2.05, 4.69) is 30.4 Å². The fraction of sp³-hybridized carbons (Fsp3) is 0.520. The number of amides is 1. The van der Waals surface area contributed by atoms with Crippen LogP contribution >= 0.6 is 0 Å². The van der Waals surface area contributed by atoms with Crippen LogP contribution < -0.4 is 15.1 Å². The molecular formula is C25H29F2N7O3S. The Morgan fingerprint density at radius 1 is 1.00 bits per heavy atom. The highest BCUT2D eigenvalue weighted by Crippen LogP contribution is 2.54. The van der Waals surface area contributed by atoms with E-state index >= 15 is 0 Å². The summed E-state index contributed by atoms with van der Waals surface area (Å²) in [6.07, 6.45) is 6.52. The zero-order valence-corrected chi connectivity index (χ0v) is 21.8. The van der Waals surface area contributed by atoms with Crippen LogP contribution in [0.15, 0.2) is 29.3 Å². The van der Waals surface area contributed by atoms with E-state index in [0.29, 0.717) is 33.5 Å². The molecule has 1 aliphatic carbocycles. The molecule has 0 unspecified atom stereocenters. The van der Waals surface area contributed by atoms with Crippen LogP contribution in [0.5, 0.6) is 0 Å². The number of piperidine rings is 2. The summed E-state index contributed by atoms with van der Waals surface area (Å²) in [5, 5.41) is 9.58. The van der Waals surface area contributed by atoms with Gasteiger partial charge in [0.05, 0.1) is 22.3 Å². The summed E-state index contributed by atoms with van der Waals surface area (Å²) >= 11 is 0. The average Bonchev–Trinajstić information content (AvgIpc) is 3.45. The summed E-state index contributed by atoms with van der Waals surface area (Å²) in [4.78, 5) is 26.4. The predicted octanol–water partition coefficient (Wildman–Crippen LogP) is 3.62. The molecule has 0 atom stereocenters. The highest BCUT2D eigenvalue weighted by atomic mass is 32.2. The van der Waals surface area contributed by atoms with Crippen molar-refractivity contribution in [1.82, 2.24) is 20.2 Å². The second kappa shape index (κ2) is 8.85. The smallest absolute Gasteiger partial charge is 0.260 e. The molecule has 10 nitrogen and oxygen atoms in total. The minimum atomic E-state index is -3.47. The number of anilines is 3. The fourth-order valence-electron chi connectivity index (χ4n) is 5.42. The molecule has 0 radical (unpaired) electrons. The van der Waals surface area contributed by atoms with Crippen molar-refractivity contribution in [2.45, 2.75) is 49.3 Å². The number of hydrogen-bond acceptors (Lipinski definition) is 8. The third-order valence-corrected chi connectivity index (χ3v) is 9.18. The molecule has 6 rings (SSSR count). The predicted molar refractivity (Wildman–Crippen MR) is 139 cm³/mol. The van der Waals surface area contributed by atoms with Crippen molar-refractivity contribution in [3.63, 3.8) is 0 Å². The van der Waals surface area contributed by atoms with Gasteiger partial charge < -0.3 is 9.80 Å². The molecule has 3 fully saturated rings. The lowest BCUT2D eigenvalue weighted by Gasteiger charge is -2.35. The molecule has 2 saturated heterocycles. The second-order valence-corrected chi connectivity index (χ2v) is 12.8. The number of benzene rings is 1. The maximum absolute atomic E-state index is 13.7. The van der Waals surface area contributed by atoms with Gasteiger partial charge in [-0.25, -0.2) is 22.2 Å². The first-order valence-electron chi connectivity index (χ1n) is 12.8. The van der Waals surface area contributed by atoms with Gasteiger partial charge in [0.25, 0.3) is 11.8 Å².